The molecule has 0 saturated carbocycles. The Balaban J connectivity index is 1.99. The van der Waals surface area contributed by atoms with Crippen LogP contribution in [0.25, 0.3) is 10.8 Å². The van der Waals surface area contributed by atoms with Gasteiger partial charge in [0.05, 0.1) is 17.6 Å². The molecule has 3 aromatic carbocycles. The number of esters is 1. The summed E-state index contributed by atoms with van der Waals surface area (Å²) in [5, 5.41) is 2.26. The molecule has 3 heteroatoms. The van der Waals surface area contributed by atoms with Crippen LogP contribution in [0.1, 0.15) is 67.6 Å². The number of rotatable bonds is 4. The van der Waals surface area contributed by atoms with Crippen LogP contribution in [0.15, 0.2) is 60.7 Å². The van der Waals surface area contributed by atoms with Gasteiger partial charge >= 0.3 is 5.97 Å². The first-order chi connectivity index (χ1) is 14.3. The SMILES string of the molecule is CCOC(=O)c1ccc2c(c1)C(C(C)=O)(c1ccc3ccccc3c1)CCC2(C)C. The topological polar surface area (TPSA) is 43.4 Å². The molecule has 0 N–H and O–H groups in total. The molecular weight excluding hydrogens is 372 g/mol. The van der Waals surface area contributed by atoms with Crippen molar-refractivity contribution in [2.45, 2.75) is 51.4 Å². The third-order valence-corrected chi connectivity index (χ3v) is 6.69. The fraction of sp³-hybridized carbons (Fsp3) is 0.333. The molecule has 1 aliphatic carbocycles. The zero-order valence-electron chi connectivity index (χ0n) is 18.1. The van der Waals surface area contributed by atoms with Crippen molar-refractivity contribution in [3.8, 4) is 0 Å². The van der Waals surface area contributed by atoms with Crippen molar-refractivity contribution in [3.05, 3.63) is 82.9 Å². The summed E-state index contributed by atoms with van der Waals surface area (Å²) in [6.07, 6.45) is 1.61. The molecule has 0 fully saturated rings. The summed E-state index contributed by atoms with van der Waals surface area (Å²) in [7, 11) is 0. The molecule has 0 aromatic heterocycles. The van der Waals surface area contributed by atoms with Gasteiger partial charge in [-0.15, -0.1) is 0 Å². The monoisotopic (exact) mass is 400 g/mol. The normalized spacial score (nSPS) is 19.9. The fourth-order valence-corrected chi connectivity index (χ4v) is 4.92. The summed E-state index contributed by atoms with van der Waals surface area (Å²) in [6, 6.07) is 20.2. The second-order valence-corrected chi connectivity index (χ2v) is 8.89. The van der Waals surface area contributed by atoms with E-state index in [2.05, 4.69) is 44.2 Å². The minimum atomic E-state index is -0.766. The van der Waals surface area contributed by atoms with Crippen molar-refractivity contribution in [2.24, 2.45) is 0 Å². The number of benzene rings is 3. The Morgan fingerprint density at radius 3 is 2.33 bits per heavy atom. The molecule has 0 heterocycles. The zero-order chi connectivity index (χ0) is 21.5. The third kappa shape index (κ3) is 3.13. The molecule has 0 bridgehead atoms. The molecule has 1 atom stereocenters. The number of ether oxygens (including phenoxy) is 1. The van der Waals surface area contributed by atoms with Crippen LogP contribution in [0.5, 0.6) is 0 Å². The maximum absolute atomic E-state index is 13.3. The Kier molecular flexibility index (Phi) is 5.01. The Morgan fingerprint density at radius 2 is 1.63 bits per heavy atom. The average Bonchev–Trinajstić information content (AvgIpc) is 2.73. The molecule has 0 saturated heterocycles. The molecule has 0 aliphatic heterocycles. The number of ketones is 1. The highest BCUT2D eigenvalue weighted by Crippen LogP contribution is 2.50. The maximum Gasteiger partial charge on any atom is 0.338 e. The zero-order valence-corrected chi connectivity index (χ0v) is 18.1. The number of carbonyl (C=O) groups excluding carboxylic acids is 2. The summed E-state index contributed by atoms with van der Waals surface area (Å²) in [4.78, 5) is 25.8. The van der Waals surface area contributed by atoms with Crippen molar-refractivity contribution in [3.63, 3.8) is 0 Å². The van der Waals surface area contributed by atoms with Crippen LogP contribution in [0.2, 0.25) is 0 Å². The van der Waals surface area contributed by atoms with Gasteiger partial charge in [0.25, 0.3) is 0 Å². The van der Waals surface area contributed by atoms with Gasteiger partial charge in [0.1, 0.15) is 5.78 Å². The van der Waals surface area contributed by atoms with Crippen LogP contribution in [0.3, 0.4) is 0 Å². The largest absolute Gasteiger partial charge is 0.462 e. The van der Waals surface area contributed by atoms with Crippen LogP contribution in [-0.4, -0.2) is 18.4 Å². The minimum Gasteiger partial charge on any atom is -0.462 e. The van der Waals surface area contributed by atoms with E-state index in [1.807, 2.05) is 30.3 Å². The van der Waals surface area contributed by atoms with E-state index in [4.69, 9.17) is 4.74 Å². The summed E-state index contributed by atoms with van der Waals surface area (Å²) in [6.45, 7) is 8.22. The molecule has 0 spiro atoms. The average molecular weight is 401 g/mol. The molecule has 1 unspecified atom stereocenters. The highest BCUT2D eigenvalue weighted by atomic mass is 16.5. The molecular formula is C27H28O3. The quantitative estimate of drug-likeness (QED) is 0.507. The minimum absolute atomic E-state index is 0.0711. The van der Waals surface area contributed by atoms with Crippen LogP contribution >= 0.6 is 0 Å². The van der Waals surface area contributed by atoms with Gasteiger partial charge in [-0.1, -0.05) is 56.3 Å². The summed E-state index contributed by atoms with van der Waals surface area (Å²) >= 11 is 0. The Bertz CT molecular complexity index is 1140. The van der Waals surface area contributed by atoms with Crippen molar-refractivity contribution in [1.29, 1.82) is 0 Å². The van der Waals surface area contributed by atoms with E-state index >= 15 is 0 Å². The molecule has 0 amide bonds. The summed E-state index contributed by atoms with van der Waals surface area (Å²) in [5.74, 6) is -0.241. The van der Waals surface area contributed by atoms with Crippen molar-refractivity contribution >= 4 is 22.5 Å². The van der Waals surface area contributed by atoms with Crippen LogP contribution in [0, 0.1) is 0 Å². The molecule has 154 valence electrons. The highest BCUT2D eigenvalue weighted by molar-refractivity contribution is 5.96. The van der Waals surface area contributed by atoms with Gasteiger partial charge in [-0.3, -0.25) is 4.79 Å². The van der Waals surface area contributed by atoms with Crippen molar-refractivity contribution in [1.82, 2.24) is 0 Å². The predicted molar refractivity (Wildman–Crippen MR) is 120 cm³/mol. The Hall–Kier alpha value is -2.94. The van der Waals surface area contributed by atoms with Gasteiger partial charge in [0, 0.05) is 0 Å². The van der Waals surface area contributed by atoms with Crippen molar-refractivity contribution in [2.75, 3.05) is 6.61 Å². The van der Waals surface area contributed by atoms with Gasteiger partial charge in [0.2, 0.25) is 0 Å². The molecule has 30 heavy (non-hydrogen) atoms. The Labute approximate surface area is 178 Å². The summed E-state index contributed by atoms with van der Waals surface area (Å²) < 4.78 is 5.24. The van der Waals surface area contributed by atoms with E-state index in [1.54, 1.807) is 13.8 Å². The Morgan fingerprint density at radius 1 is 0.900 bits per heavy atom. The molecule has 1 aliphatic rings. The maximum atomic E-state index is 13.3. The smallest absolute Gasteiger partial charge is 0.338 e. The standard InChI is InChI=1S/C27H28O3/c1-5-30-25(29)21-11-13-23-24(17-21)27(18(2)28,15-14-26(23,3)4)22-12-10-19-8-6-7-9-20(19)16-22/h6-13,16-17H,5,14-15H2,1-4H3. The fourth-order valence-electron chi connectivity index (χ4n) is 4.92. The molecule has 3 nitrogen and oxygen atoms in total. The van der Waals surface area contributed by atoms with Gasteiger partial charge in [-0.25, -0.2) is 4.79 Å². The molecule has 4 rings (SSSR count). The van der Waals surface area contributed by atoms with E-state index in [-0.39, 0.29) is 17.2 Å². The second-order valence-electron chi connectivity index (χ2n) is 8.89. The third-order valence-electron chi connectivity index (χ3n) is 6.69. The first-order valence-electron chi connectivity index (χ1n) is 10.6. The second kappa shape index (κ2) is 7.39. The first-order valence-corrected chi connectivity index (χ1v) is 10.6. The van der Waals surface area contributed by atoms with Crippen LogP contribution < -0.4 is 0 Å². The van der Waals surface area contributed by atoms with Crippen LogP contribution in [-0.2, 0) is 20.4 Å². The lowest BCUT2D eigenvalue weighted by Gasteiger charge is -2.44. The van der Waals surface area contributed by atoms with Crippen molar-refractivity contribution < 1.29 is 14.3 Å². The number of hydrogen-bond acceptors (Lipinski definition) is 3. The van der Waals surface area contributed by atoms with Gasteiger partial charge < -0.3 is 4.74 Å². The van der Waals surface area contributed by atoms with Gasteiger partial charge in [0.15, 0.2) is 0 Å². The van der Waals surface area contributed by atoms with Crippen LogP contribution in [0.4, 0.5) is 0 Å². The lowest BCUT2D eigenvalue weighted by Crippen LogP contribution is -2.43. The lowest BCUT2D eigenvalue weighted by atomic mass is 9.57. The van der Waals surface area contributed by atoms with E-state index < -0.39 is 5.41 Å². The lowest BCUT2D eigenvalue weighted by molar-refractivity contribution is -0.121. The number of hydrogen-bond donors (Lipinski definition) is 0. The first kappa shape index (κ1) is 20.3. The van der Waals surface area contributed by atoms with E-state index in [9.17, 15) is 9.59 Å². The molecule has 3 aromatic rings. The van der Waals surface area contributed by atoms with E-state index in [1.165, 1.54) is 0 Å². The van der Waals surface area contributed by atoms with Gasteiger partial charge in [-0.2, -0.15) is 0 Å². The number of Topliss-reactive ketones (excluding diaryl/α,β-unsaturated/α-hetero) is 1. The number of carbonyl (C=O) groups is 2. The number of fused-ring (bicyclic) bond motifs is 2. The van der Waals surface area contributed by atoms with E-state index in [0.717, 1.165) is 33.9 Å². The van der Waals surface area contributed by atoms with E-state index in [0.29, 0.717) is 18.6 Å². The molecule has 0 radical (unpaired) electrons. The predicted octanol–water partition coefficient (Wildman–Crippen LogP) is 5.96. The highest BCUT2D eigenvalue weighted by Gasteiger charge is 2.47. The van der Waals surface area contributed by atoms with Gasteiger partial charge in [-0.05, 0) is 77.8 Å². The summed E-state index contributed by atoms with van der Waals surface area (Å²) in [5.41, 5.74) is 2.72.